The molecule has 0 aliphatic heterocycles. The Hall–Kier alpha value is -1.93. The average molecular weight is 452 g/mol. The van der Waals surface area contributed by atoms with Crippen LogP contribution in [0.1, 0.15) is 47.0 Å². The van der Waals surface area contributed by atoms with E-state index in [9.17, 15) is 24.6 Å². The minimum Gasteiger partial charge on any atom is -0.450 e. The second-order valence-electron chi connectivity index (χ2n) is 10.4. The van der Waals surface area contributed by atoms with Gasteiger partial charge in [-0.15, -0.1) is 0 Å². The summed E-state index contributed by atoms with van der Waals surface area (Å²) >= 11 is 0. The molecule has 0 aromatic carbocycles. The topological polar surface area (TPSA) is 101 Å². The van der Waals surface area contributed by atoms with Crippen molar-refractivity contribution in [2.24, 2.45) is 28.6 Å². The molecular formula is C24H30F2O6. The molecule has 6 nitrogen and oxygen atoms in total. The molecule has 3 fully saturated rings. The van der Waals surface area contributed by atoms with Crippen LogP contribution >= 0.6 is 0 Å². The highest BCUT2D eigenvalue weighted by molar-refractivity contribution is 6.01. The third kappa shape index (κ3) is 2.54. The van der Waals surface area contributed by atoms with Crippen molar-refractivity contribution in [2.75, 3.05) is 6.61 Å². The number of carbonyl (C=O) groups excluding carboxylic acids is 3. The normalized spacial score (nSPS) is 49.6. The van der Waals surface area contributed by atoms with E-state index >= 15 is 8.78 Å². The van der Waals surface area contributed by atoms with Gasteiger partial charge in [0.05, 0.1) is 6.10 Å². The van der Waals surface area contributed by atoms with Crippen LogP contribution in [0.25, 0.3) is 0 Å². The van der Waals surface area contributed by atoms with Crippen molar-refractivity contribution < 1.29 is 38.1 Å². The third-order valence-electron chi connectivity index (χ3n) is 9.03. The van der Waals surface area contributed by atoms with Gasteiger partial charge in [-0.3, -0.25) is 14.4 Å². The monoisotopic (exact) mass is 452 g/mol. The molecule has 0 unspecified atom stereocenters. The number of ether oxygens (including phenoxy) is 1. The molecular weight excluding hydrogens is 422 g/mol. The van der Waals surface area contributed by atoms with Gasteiger partial charge in [-0.1, -0.05) is 19.9 Å². The van der Waals surface area contributed by atoms with E-state index in [1.54, 1.807) is 13.8 Å². The lowest BCUT2D eigenvalue weighted by Crippen LogP contribution is -2.71. The van der Waals surface area contributed by atoms with Gasteiger partial charge in [0.25, 0.3) is 0 Å². The van der Waals surface area contributed by atoms with Gasteiger partial charge in [-0.2, -0.15) is 0 Å². The number of ketones is 2. The van der Waals surface area contributed by atoms with E-state index in [0.29, 0.717) is 0 Å². The average Bonchev–Trinajstić information content (AvgIpc) is 2.92. The molecule has 0 radical (unpaired) electrons. The van der Waals surface area contributed by atoms with Crippen LogP contribution in [0.15, 0.2) is 23.8 Å². The molecule has 0 aromatic heterocycles. The number of esters is 1. The summed E-state index contributed by atoms with van der Waals surface area (Å²) < 4.78 is 38.1. The van der Waals surface area contributed by atoms with Crippen molar-refractivity contribution in [3.63, 3.8) is 0 Å². The highest BCUT2D eigenvalue weighted by atomic mass is 19.1. The van der Waals surface area contributed by atoms with E-state index in [2.05, 4.69) is 0 Å². The maximum absolute atomic E-state index is 17.1. The van der Waals surface area contributed by atoms with E-state index in [4.69, 9.17) is 4.74 Å². The Balaban J connectivity index is 1.89. The lowest BCUT2D eigenvalue weighted by Gasteiger charge is -2.63. The fraction of sp³-hybridized carbons (Fsp3) is 0.708. The first-order valence-electron chi connectivity index (χ1n) is 11.1. The SMILES string of the molecule is CC(=O)O[C@]1(C(=O)CO)[C@H](C)C[C@H]2[C@@H]3C[C@H](F)C4=CC(=O)C=C[C@@]4(C)[C@@]3(F)[C@@H](O)C[C@@]21C. The molecule has 0 heterocycles. The molecule has 0 aromatic rings. The van der Waals surface area contributed by atoms with Gasteiger partial charge in [0, 0.05) is 29.6 Å². The number of hydrogen-bond acceptors (Lipinski definition) is 6. The number of aliphatic hydroxyl groups excluding tert-OH is 2. The van der Waals surface area contributed by atoms with Gasteiger partial charge in [-0.05, 0) is 49.8 Å². The Bertz CT molecular complexity index is 945. The summed E-state index contributed by atoms with van der Waals surface area (Å²) in [6.45, 7) is 5.16. The number of carbonyl (C=O) groups is 3. The van der Waals surface area contributed by atoms with Crippen LogP contribution in [0.5, 0.6) is 0 Å². The highest BCUT2D eigenvalue weighted by Gasteiger charge is 2.77. The molecule has 2 N–H and O–H groups in total. The number of rotatable bonds is 3. The molecule has 8 heteroatoms. The summed E-state index contributed by atoms with van der Waals surface area (Å²) in [4.78, 5) is 37.0. The van der Waals surface area contributed by atoms with Crippen molar-refractivity contribution in [2.45, 2.75) is 70.5 Å². The molecule has 0 bridgehead atoms. The van der Waals surface area contributed by atoms with Gasteiger partial charge in [-0.25, -0.2) is 8.78 Å². The minimum absolute atomic E-state index is 0.0233. The third-order valence-corrected chi connectivity index (χ3v) is 9.03. The summed E-state index contributed by atoms with van der Waals surface area (Å²) in [5.74, 6) is -3.99. The first kappa shape index (κ1) is 23.2. The summed E-state index contributed by atoms with van der Waals surface area (Å²) in [6, 6.07) is 0. The number of hydrogen-bond donors (Lipinski definition) is 2. The van der Waals surface area contributed by atoms with Gasteiger partial charge in [0.1, 0.15) is 12.8 Å². The van der Waals surface area contributed by atoms with Crippen LogP contribution < -0.4 is 0 Å². The summed E-state index contributed by atoms with van der Waals surface area (Å²) in [5.41, 5.74) is -6.74. The molecule has 4 aliphatic rings. The first-order chi connectivity index (χ1) is 14.8. The number of fused-ring (bicyclic) bond motifs is 5. The molecule has 0 spiro atoms. The Morgan fingerprint density at radius 3 is 2.50 bits per heavy atom. The fourth-order valence-electron chi connectivity index (χ4n) is 7.74. The Morgan fingerprint density at radius 2 is 1.91 bits per heavy atom. The molecule has 0 amide bonds. The smallest absolute Gasteiger partial charge is 0.303 e. The van der Waals surface area contributed by atoms with E-state index < -0.39 is 76.3 Å². The quantitative estimate of drug-likeness (QED) is 0.638. The van der Waals surface area contributed by atoms with Crippen molar-refractivity contribution in [3.8, 4) is 0 Å². The van der Waals surface area contributed by atoms with E-state index in [1.165, 1.54) is 19.1 Å². The second kappa shape index (κ2) is 7.03. The standard InChI is InChI=1S/C24H30F2O6/c1-12-7-15-16-9-18(25)17-8-14(29)5-6-21(17,3)23(16,26)19(30)10-22(15,4)24(12,20(31)11-27)32-13(2)28/h5-6,8,12,15-16,18-19,27,30H,7,9-11H2,1-4H3/t12-,15+,16+,18+,19+,21-,22+,23+,24+/m1/s1. The van der Waals surface area contributed by atoms with Crippen LogP contribution in [0.4, 0.5) is 8.78 Å². The van der Waals surface area contributed by atoms with E-state index in [0.717, 1.165) is 13.0 Å². The largest absolute Gasteiger partial charge is 0.450 e. The van der Waals surface area contributed by atoms with Crippen LogP contribution in [0.2, 0.25) is 0 Å². The van der Waals surface area contributed by atoms with Gasteiger partial charge < -0.3 is 14.9 Å². The molecule has 4 rings (SSSR count). The second-order valence-corrected chi connectivity index (χ2v) is 10.4. The predicted octanol–water partition coefficient (Wildman–Crippen LogP) is 2.41. The molecule has 9 atom stereocenters. The molecule has 176 valence electrons. The fourth-order valence-corrected chi connectivity index (χ4v) is 7.74. The number of allylic oxidation sites excluding steroid dienone is 4. The van der Waals surface area contributed by atoms with Crippen LogP contribution in [0.3, 0.4) is 0 Å². The minimum atomic E-state index is -2.28. The number of halogens is 2. The van der Waals surface area contributed by atoms with Crippen LogP contribution in [-0.2, 0) is 19.1 Å². The maximum atomic E-state index is 17.1. The van der Waals surface area contributed by atoms with Gasteiger partial charge in [0.2, 0.25) is 5.78 Å². The molecule has 4 aliphatic carbocycles. The van der Waals surface area contributed by atoms with E-state index in [-0.39, 0.29) is 24.8 Å². The molecule has 0 saturated heterocycles. The van der Waals surface area contributed by atoms with Crippen LogP contribution in [-0.4, -0.2) is 57.9 Å². The van der Waals surface area contributed by atoms with Gasteiger partial charge >= 0.3 is 5.97 Å². The number of alkyl halides is 2. The van der Waals surface area contributed by atoms with Crippen LogP contribution in [0, 0.1) is 28.6 Å². The van der Waals surface area contributed by atoms with Gasteiger partial charge in [0.15, 0.2) is 17.1 Å². The summed E-state index contributed by atoms with van der Waals surface area (Å²) in [5, 5.41) is 21.0. The first-order valence-corrected chi connectivity index (χ1v) is 11.1. The molecule has 3 saturated carbocycles. The zero-order chi connectivity index (χ0) is 23.9. The molecule has 32 heavy (non-hydrogen) atoms. The zero-order valence-electron chi connectivity index (χ0n) is 18.7. The summed E-state index contributed by atoms with van der Waals surface area (Å²) in [7, 11) is 0. The van der Waals surface area contributed by atoms with Crippen molar-refractivity contribution >= 4 is 17.5 Å². The van der Waals surface area contributed by atoms with Crippen molar-refractivity contribution in [1.29, 1.82) is 0 Å². The highest BCUT2D eigenvalue weighted by Crippen LogP contribution is 2.71. The van der Waals surface area contributed by atoms with Crippen molar-refractivity contribution in [3.05, 3.63) is 23.8 Å². The summed E-state index contributed by atoms with van der Waals surface area (Å²) in [6.07, 6.45) is 0.273. The van der Waals surface area contributed by atoms with Crippen molar-refractivity contribution in [1.82, 2.24) is 0 Å². The van der Waals surface area contributed by atoms with E-state index in [1.807, 2.05) is 0 Å². The Labute approximate surface area is 185 Å². The maximum Gasteiger partial charge on any atom is 0.303 e. The lowest BCUT2D eigenvalue weighted by molar-refractivity contribution is -0.231. The number of aliphatic hydroxyl groups is 2. The Kier molecular flexibility index (Phi) is 5.11. The Morgan fingerprint density at radius 1 is 1.25 bits per heavy atom. The number of Topliss-reactive ketones (excluding diaryl/α,β-unsaturated/α-hetero) is 1. The zero-order valence-corrected chi connectivity index (χ0v) is 18.7. The lowest BCUT2D eigenvalue weighted by atomic mass is 9.44. The predicted molar refractivity (Wildman–Crippen MR) is 110 cm³/mol.